The SMILES string of the molecule is N=N/C(=C\Nc1ccc(C(=O)N2CCC(N)CC2)cc1)c1cc2cc(F)ccc2[nH]c1=O. The summed E-state index contributed by atoms with van der Waals surface area (Å²) in [5, 5.41) is 6.92. The van der Waals surface area contributed by atoms with Crippen LogP contribution in [0.4, 0.5) is 10.1 Å². The van der Waals surface area contributed by atoms with Crippen LogP contribution in [0.5, 0.6) is 0 Å². The molecule has 2 aromatic carbocycles. The molecule has 5 N–H and O–H groups in total. The van der Waals surface area contributed by atoms with E-state index in [0.29, 0.717) is 35.2 Å². The van der Waals surface area contributed by atoms with E-state index in [0.717, 1.165) is 12.8 Å². The molecule has 1 aromatic heterocycles. The number of H-pyrrole nitrogens is 1. The standard InChI is InChI=1S/C23H23FN6O2/c24-16-3-6-20-15(11-16)12-19(22(31)28-20)21(29-26)13-27-18-4-1-14(2-5-18)23(32)30-9-7-17(25)8-10-30/h1-6,11-13,17,26-27H,7-10,25H2,(H,28,31)/b21-13-,29-26?. The summed E-state index contributed by atoms with van der Waals surface area (Å²) in [6, 6.07) is 12.6. The number of hydrogen-bond acceptors (Lipinski definition) is 6. The molecule has 1 aliphatic heterocycles. The number of nitrogens with zero attached hydrogens (tertiary/aromatic N) is 2. The zero-order chi connectivity index (χ0) is 22.7. The van der Waals surface area contributed by atoms with Gasteiger partial charge in [-0.2, -0.15) is 5.11 Å². The van der Waals surface area contributed by atoms with Crippen molar-refractivity contribution in [3.8, 4) is 0 Å². The van der Waals surface area contributed by atoms with Gasteiger partial charge in [0.1, 0.15) is 11.5 Å². The second-order valence-electron chi connectivity index (χ2n) is 7.74. The molecule has 0 unspecified atom stereocenters. The quantitative estimate of drug-likeness (QED) is 0.457. The Hall–Kier alpha value is -3.85. The van der Waals surface area contributed by atoms with Gasteiger partial charge in [0.2, 0.25) is 0 Å². The van der Waals surface area contributed by atoms with E-state index in [1.807, 2.05) is 0 Å². The van der Waals surface area contributed by atoms with Gasteiger partial charge >= 0.3 is 0 Å². The molecule has 4 rings (SSSR count). The number of halogens is 1. The second-order valence-corrected chi connectivity index (χ2v) is 7.74. The van der Waals surface area contributed by atoms with Crippen LogP contribution >= 0.6 is 0 Å². The van der Waals surface area contributed by atoms with Gasteiger partial charge in [-0.15, -0.1) is 0 Å². The van der Waals surface area contributed by atoms with Gasteiger partial charge in [-0.05, 0) is 61.4 Å². The van der Waals surface area contributed by atoms with Crippen molar-refractivity contribution in [1.29, 1.82) is 5.53 Å². The molecule has 1 aliphatic rings. The predicted molar refractivity (Wildman–Crippen MR) is 121 cm³/mol. The number of carbonyl (C=O) groups is 1. The number of piperidine rings is 1. The molecule has 3 aromatic rings. The summed E-state index contributed by atoms with van der Waals surface area (Å²) >= 11 is 0. The molecule has 1 amide bonds. The molecule has 8 nitrogen and oxygen atoms in total. The second kappa shape index (κ2) is 9.11. The van der Waals surface area contributed by atoms with Crippen molar-refractivity contribution < 1.29 is 9.18 Å². The number of rotatable bonds is 5. The molecular weight excluding hydrogens is 411 g/mol. The summed E-state index contributed by atoms with van der Waals surface area (Å²) in [6.45, 7) is 1.31. The highest BCUT2D eigenvalue weighted by Crippen LogP contribution is 2.20. The Kier molecular flexibility index (Phi) is 6.09. The summed E-state index contributed by atoms with van der Waals surface area (Å²) in [5.41, 5.74) is 14.9. The van der Waals surface area contributed by atoms with E-state index in [1.54, 1.807) is 29.2 Å². The molecule has 0 saturated carbocycles. The van der Waals surface area contributed by atoms with Crippen LogP contribution in [0.25, 0.3) is 16.6 Å². The average molecular weight is 434 g/mol. The minimum Gasteiger partial charge on any atom is -0.360 e. The Morgan fingerprint density at radius 2 is 1.91 bits per heavy atom. The molecule has 0 aliphatic carbocycles. The molecule has 164 valence electrons. The lowest BCUT2D eigenvalue weighted by molar-refractivity contribution is 0.0715. The van der Waals surface area contributed by atoms with Crippen LogP contribution in [0.2, 0.25) is 0 Å². The number of aromatic amines is 1. The van der Waals surface area contributed by atoms with E-state index < -0.39 is 11.4 Å². The third kappa shape index (κ3) is 4.57. The Labute approximate surface area is 183 Å². The molecule has 32 heavy (non-hydrogen) atoms. The van der Waals surface area contributed by atoms with Crippen molar-refractivity contribution in [1.82, 2.24) is 9.88 Å². The average Bonchev–Trinajstić information content (AvgIpc) is 2.80. The molecule has 2 heterocycles. The minimum absolute atomic E-state index is 0.0317. The number of nitrogens with one attached hydrogen (secondary N) is 3. The number of likely N-dealkylation sites (tertiary alicyclic amines) is 1. The fourth-order valence-electron chi connectivity index (χ4n) is 3.68. The lowest BCUT2D eigenvalue weighted by Crippen LogP contribution is -2.42. The van der Waals surface area contributed by atoms with Crippen molar-refractivity contribution in [2.24, 2.45) is 10.8 Å². The first kappa shape index (κ1) is 21.4. The summed E-state index contributed by atoms with van der Waals surface area (Å²) in [5.74, 6) is -0.459. The van der Waals surface area contributed by atoms with E-state index in [2.05, 4.69) is 15.4 Å². The van der Waals surface area contributed by atoms with Gasteiger partial charge in [-0.25, -0.2) is 9.92 Å². The lowest BCUT2D eigenvalue weighted by atomic mass is 10.0. The number of hydrogen-bond donors (Lipinski definition) is 4. The number of benzene rings is 2. The van der Waals surface area contributed by atoms with Crippen molar-refractivity contribution in [2.45, 2.75) is 18.9 Å². The van der Waals surface area contributed by atoms with Crippen LogP contribution in [0.3, 0.4) is 0 Å². The maximum atomic E-state index is 13.5. The van der Waals surface area contributed by atoms with Crippen LogP contribution in [-0.4, -0.2) is 34.9 Å². The van der Waals surface area contributed by atoms with Crippen molar-refractivity contribution in [3.05, 3.63) is 82.0 Å². The van der Waals surface area contributed by atoms with Crippen LogP contribution in [-0.2, 0) is 0 Å². The highest BCUT2D eigenvalue weighted by molar-refractivity contribution is 5.94. The van der Waals surface area contributed by atoms with Crippen LogP contribution in [0, 0.1) is 11.3 Å². The van der Waals surface area contributed by atoms with Crippen LogP contribution in [0.15, 0.2) is 64.6 Å². The number of carbonyl (C=O) groups excluding carboxylic acids is 1. The van der Waals surface area contributed by atoms with Gasteiger partial charge in [0, 0.05) is 47.5 Å². The van der Waals surface area contributed by atoms with E-state index >= 15 is 0 Å². The van der Waals surface area contributed by atoms with Gasteiger partial charge < -0.3 is 20.9 Å². The summed E-state index contributed by atoms with van der Waals surface area (Å²) in [6.07, 6.45) is 3.03. The Balaban J connectivity index is 1.51. The molecule has 0 bridgehead atoms. The Morgan fingerprint density at radius 1 is 1.19 bits per heavy atom. The van der Waals surface area contributed by atoms with Crippen molar-refractivity contribution >= 4 is 28.2 Å². The number of aromatic nitrogens is 1. The zero-order valence-electron chi connectivity index (χ0n) is 17.3. The normalized spacial score (nSPS) is 15.1. The number of nitrogens with two attached hydrogens (primary N) is 1. The first-order valence-electron chi connectivity index (χ1n) is 10.3. The minimum atomic E-state index is -0.435. The van der Waals surface area contributed by atoms with Crippen LogP contribution < -0.4 is 16.6 Å². The third-order valence-electron chi connectivity index (χ3n) is 5.54. The van der Waals surface area contributed by atoms with E-state index in [4.69, 9.17) is 11.3 Å². The Morgan fingerprint density at radius 3 is 2.59 bits per heavy atom. The molecule has 0 radical (unpaired) electrons. The summed E-state index contributed by atoms with van der Waals surface area (Å²) < 4.78 is 13.5. The van der Waals surface area contributed by atoms with Crippen molar-refractivity contribution in [2.75, 3.05) is 18.4 Å². The van der Waals surface area contributed by atoms with E-state index in [9.17, 15) is 14.0 Å². The van der Waals surface area contributed by atoms with E-state index in [-0.39, 0.29) is 23.2 Å². The number of fused-ring (bicyclic) bond motifs is 1. The topological polar surface area (TPSA) is 127 Å². The monoisotopic (exact) mass is 434 g/mol. The zero-order valence-corrected chi connectivity index (χ0v) is 17.3. The molecule has 9 heteroatoms. The number of amides is 1. The van der Waals surface area contributed by atoms with Gasteiger partial charge in [-0.3, -0.25) is 9.59 Å². The largest absolute Gasteiger partial charge is 0.360 e. The van der Waals surface area contributed by atoms with E-state index in [1.165, 1.54) is 30.5 Å². The highest BCUT2D eigenvalue weighted by Gasteiger charge is 2.21. The van der Waals surface area contributed by atoms with Gasteiger partial charge in [0.15, 0.2) is 0 Å². The maximum absolute atomic E-state index is 13.5. The predicted octanol–water partition coefficient (Wildman–Crippen LogP) is 3.67. The summed E-state index contributed by atoms with van der Waals surface area (Å²) in [4.78, 5) is 29.5. The molecule has 1 fully saturated rings. The summed E-state index contributed by atoms with van der Waals surface area (Å²) in [7, 11) is 0. The first-order valence-corrected chi connectivity index (χ1v) is 10.3. The lowest BCUT2D eigenvalue weighted by Gasteiger charge is -2.30. The molecule has 1 saturated heterocycles. The fraction of sp³-hybridized carbons (Fsp3) is 0.217. The van der Waals surface area contributed by atoms with Gasteiger partial charge in [0.25, 0.3) is 11.5 Å². The maximum Gasteiger partial charge on any atom is 0.258 e. The fourth-order valence-corrected chi connectivity index (χ4v) is 3.68. The molecule has 0 spiro atoms. The highest BCUT2D eigenvalue weighted by atomic mass is 19.1. The molecular formula is C23H23FN6O2. The first-order chi connectivity index (χ1) is 15.4. The van der Waals surface area contributed by atoms with Crippen molar-refractivity contribution in [3.63, 3.8) is 0 Å². The van der Waals surface area contributed by atoms with Crippen LogP contribution in [0.1, 0.15) is 28.8 Å². The van der Waals surface area contributed by atoms with Gasteiger partial charge in [0.05, 0.1) is 5.56 Å². The number of anilines is 1. The number of pyridine rings is 1. The Bertz CT molecular complexity index is 1240. The smallest absolute Gasteiger partial charge is 0.258 e. The molecule has 0 atom stereocenters. The third-order valence-corrected chi connectivity index (χ3v) is 5.54. The van der Waals surface area contributed by atoms with Gasteiger partial charge in [-0.1, -0.05) is 0 Å².